The molecule has 1 aromatic heterocycles. The number of nitrogens with zero attached hydrogens (tertiary/aromatic N) is 1. The van der Waals surface area contributed by atoms with Crippen molar-refractivity contribution in [1.82, 2.24) is 4.90 Å². The Labute approximate surface area is 147 Å². The molecule has 0 amide bonds. The van der Waals surface area contributed by atoms with Crippen molar-refractivity contribution in [3.8, 4) is 0 Å². The molecule has 1 aromatic carbocycles. The molecule has 0 spiro atoms. The minimum atomic E-state index is -0.665. The number of benzene rings is 1. The van der Waals surface area contributed by atoms with Gasteiger partial charge in [-0.25, -0.2) is 0 Å². The summed E-state index contributed by atoms with van der Waals surface area (Å²) in [7, 11) is 0. The van der Waals surface area contributed by atoms with E-state index in [9.17, 15) is 9.90 Å². The fourth-order valence-electron chi connectivity index (χ4n) is 3.71. The SMILES string of the molecule is Cc1ccc(C(c2ccc(C)s2)N2CCCC(C(=O)O)C2)c(C)c1. The van der Waals surface area contributed by atoms with Crippen LogP contribution in [0.5, 0.6) is 0 Å². The molecule has 2 atom stereocenters. The second-order valence-electron chi connectivity index (χ2n) is 6.88. The summed E-state index contributed by atoms with van der Waals surface area (Å²) in [5.74, 6) is -0.922. The van der Waals surface area contributed by atoms with Crippen molar-refractivity contribution in [2.45, 2.75) is 39.7 Å². The summed E-state index contributed by atoms with van der Waals surface area (Å²) in [6.45, 7) is 7.99. The van der Waals surface area contributed by atoms with Gasteiger partial charge in [0, 0.05) is 16.3 Å². The van der Waals surface area contributed by atoms with Crippen LogP contribution in [0, 0.1) is 26.7 Å². The highest BCUT2D eigenvalue weighted by atomic mass is 32.1. The Hall–Kier alpha value is -1.65. The average Bonchev–Trinajstić information content (AvgIpc) is 2.96. The Morgan fingerprint density at radius 1 is 1.25 bits per heavy atom. The molecule has 2 heterocycles. The van der Waals surface area contributed by atoms with Crippen LogP contribution in [-0.2, 0) is 4.79 Å². The maximum absolute atomic E-state index is 11.5. The maximum Gasteiger partial charge on any atom is 0.307 e. The van der Waals surface area contributed by atoms with Crippen molar-refractivity contribution >= 4 is 17.3 Å². The van der Waals surface area contributed by atoms with Crippen molar-refractivity contribution in [3.63, 3.8) is 0 Å². The predicted molar refractivity (Wildman–Crippen MR) is 98.7 cm³/mol. The van der Waals surface area contributed by atoms with Gasteiger partial charge in [-0.1, -0.05) is 23.8 Å². The lowest BCUT2D eigenvalue weighted by atomic mass is 9.92. The first-order chi connectivity index (χ1) is 11.5. The van der Waals surface area contributed by atoms with Crippen molar-refractivity contribution in [2.75, 3.05) is 13.1 Å². The average molecular weight is 343 g/mol. The van der Waals surface area contributed by atoms with E-state index in [0.717, 1.165) is 19.4 Å². The first kappa shape index (κ1) is 17.2. The van der Waals surface area contributed by atoms with E-state index in [4.69, 9.17) is 0 Å². The molecule has 2 unspecified atom stereocenters. The third-order valence-corrected chi connectivity index (χ3v) is 5.97. The molecule has 0 saturated carbocycles. The van der Waals surface area contributed by atoms with Crippen LogP contribution in [0.4, 0.5) is 0 Å². The highest BCUT2D eigenvalue weighted by Gasteiger charge is 2.32. The molecular formula is C20H25NO2S. The highest BCUT2D eigenvalue weighted by molar-refractivity contribution is 7.12. The number of thiophene rings is 1. The minimum Gasteiger partial charge on any atom is -0.481 e. The molecule has 3 nitrogen and oxygen atoms in total. The van der Waals surface area contributed by atoms with E-state index >= 15 is 0 Å². The molecule has 1 aliphatic rings. The standard InChI is InChI=1S/C20H25NO2S/c1-13-6-8-17(14(2)11-13)19(18-9-7-15(3)24-18)21-10-4-5-16(12-21)20(22)23/h6-9,11,16,19H,4-5,10,12H2,1-3H3,(H,22,23). The van der Waals surface area contributed by atoms with E-state index in [-0.39, 0.29) is 12.0 Å². The van der Waals surface area contributed by atoms with Crippen LogP contribution in [0.15, 0.2) is 30.3 Å². The molecular weight excluding hydrogens is 318 g/mol. The minimum absolute atomic E-state index is 0.159. The van der Waals surface area contributed by atoms with Gasteiger partial charge >= 0.3 is 5.97 Å². The van der Waals surface area contributed by atoms with Crippen LogP contribution in [0.2, 0.25) is 0 Å². The molecule has 1 fully saturated rings. The Morgan fingerprint density at radius 3 is 2.67 bits per heavy atom. The van der Waals surface area contributed by atoms with E-state index in [2.05, 4.69) is 56.0 Å². The normalized spacial score (nSPS) is 20.0. The lowest BCUT2D eigenvalue weighted by Crippen LogP contribution is -2.41. The largest absolute Gasteiger partial charge is 0.481 e. The maximum atomic E-state index is 11.5. The fourth-order valence-corrected chi connectivity index (χ4v) is 4.74. The van der Waals surface area contributed by atoms with Gasteiger partial charge in [-0.15, -0.1) is 11.3 Å². The second-order valence-corrected chi connectivity index (χ2v) is 8.20. The van der Waals surface area contributed by atoms with E-state index in [1.54, 1.807) is 0 Å². The molecule has 128 valence electrons. The number of carboxylic acid groups (broad SMARTS) is 1. The summed E-state index contributed by atoms with van der Waals surface area (Å²) < 4.78 is 0. The van der Waals surface area contributed by atoms with E-state index in [1.807, 2.05) is 11.3 Å². The lowest BCUT2D eigenvalue weighted by molar-refractivity contribution is -0.143. The van der Waals surface area contributed by atoms with Gasteiger partial charge in [0.15, 0.2) is 0 Å². The number of hydrogen-bond donors (Lipinski definition) is 1. The van der Waals surface area contributed by atoms with E-state index in [1.165, 1.54) is 26.4 Å². The Morgan fingerprint density at radius 2 is 2.04 bits per heavy atom. The van der Waals surface area contributed by atoms with Gasteiger partial charge in [-0.05, 0) is 63.4 Å². The van der Waals surface area contributed by atoms with Crippen LogP contribution in [-0.4, -0.2) is 29.1 Å². The highest BCUT2D eigenvalue weighted by Crippen LogP contribution is 2.37. The van der Waals surface area contributed by atoms with Gasteiger partial charge in [-0.3, -0.25) is 9.69 Å². The zero-order valence-corrected chi connectivity index (χ0v) is 15.4. The quantitative estimate of drug-likeness (QED) is 0.885. The number of rotatable bonds is 4. The van der Waals surface area contributed by atoms with Crippen molar-refractivity contribution in [3.05, 3.63) is 56.8 Å². The van der Waals surface area contributed by atoms with Gasteiger partial charge in [0.05, 0.1) is 12.0 Å². The molecule has 3 rings (SSSR count). The summed E-state index contributed by atoms with van der Waals surface area (Å²) in [5, 5.41) is 9.45. The second kappa shape index (κ2) is 7.08. The number of aliphatic carboxylic acids is 1. The van der Waals surface area contributed by atoms with Crippen LogP contribution >= 0.6 is 11.3 Å². The van der Waals surface area contributed by atoms with Crippen LogP contribution in [0.1, 0.15) is 45.3 Å². The van der Waals surface area contributed by atoms with Gasteiger partial charge in [-0.2, -0.15) is 0 Å². The lowest BCUT2D eigenvalue weighted by Gasteiger charge is -2.37. The molecule has 4 heteroatoms. The van der Waals surface area contributed by atoms with E-state index in [0.29, 0.717) is 6.54 Å². The molecule has 2 aromatic rings. The first-order valence-corrected chi connectivity index (χ1v) is 9.37. The molecule has 1 aliphatic heterocycles. The Bertz CT molecular complexity index is 737. The van der Waals surface area contributed by atoms with Gasteiger partial charge < -0.3 is 5.11 Å². The molecule has 0 radical (unpaired) electrons. The van der Waals surface area contributed by atoms with E-state index < -0.39 is 5.97 Å². The van der Waals surface area contributed by atoms with Gasteiger partial charge in [0.1, 0.15) is 0 Å². The molecule has 0 bridgehead atoms. The number of aryl methyl sites for hydroxylation is 3. The number of carboxylic acids is 1. The first-order valence-electron chi connectivity index (χ1n) is 8.56. The summed E-state index contributed by atoms with van der Waals surface area (Å²) in [5.41, 5.74) is 3.84. The van der Waals surface area contributed by atoms with Gasteiger partial charge in [0.25, 0.3) is 0 Å². The number of hydrogen-bond acceptors (Lipinski definition) is 3. The molecule has 1 saturated heterocycles. The summed E-state index contributed by atoms with van der Waals surface area (Å²) in [6, 6.07) is 11.1. The zero-order valence-electron chi connectivity index (χ0n) is 14.6. The molecule has 0 aliphatic carbocycles. The van der Waals surface area contributed by atoms with Crippen LogP contribution in [0.25, 0.3) is 0 Å². The smallest absolute Gasteiger partial charge is 0.307 e. The Kier molecular flexibility index (Phi) is 5.07. The van der Waals surface area contributed by atoms with Crippen LogP contribution < -0.4 is 0 Å². The monoisotopic (exact) mass is 343 g/mol. The summed E-state index contributed by atoms with van der Waals surface area (Å²) in [6.07, 6.45) is 1.73. The topological polar surface area (TPSA) is 40.5 Å². The number of carbonyl (C=O) groups is 1. The Balaban J connectivity index is 2.00. The fraction of sp³-hybridized carbons (Fsp3) is 0.450. The number of piperidine rings is 1. The van der Waals surface area contributed by atoms with Gasteiger partial charge in [0.2, 0.25) is 0 Å². The molecule has 24 heavy (non-hydrogen) atoms. The summed E-state index contributed by atoms with van der Waals surface area (Å²) >= 11 is 1.82. The van der Waals surface area contributed by atoms with Crippen LogP contribution in [0.3, 0.4) is 0 Å². The van der Waals surface area contributed by atoms with Crippen molar-refractivity contribution < 1.29 is 9.90 Å². The zero-order chi connectivity index (χ0) is 17.3. The predicted octanol–water partition coefficient (Wildman–Crippen LogP) is 4.56. The summed E-state index contributed by atoms with van der Waals surface area (Å²) in [4.78, 5) is 16.5. The van der Waals surface area contributed by atoms with Crippen molar-refractivity contribution in [1.29, 1.82) is 0 Å². The number of likely N-dealkylation sites (tertiary alicyclic amines) is 1. The third kappa shape index (κ3) is 3.55. The third-order valence-electron chi connectivity index (χ3n) is 4.92. The molecule has 1 N–H and O–H groups in total. The van der Waals surface area contributed by atoms with Crippen molar-refractivity contribution in [2.24, 2.45) is 5.92 Å².